The maximum absolute atomic E-state index is 12.3. The van der Waals surface area contributed by atoms with Gasteiger partial charge in [-0.25, -0.2) is 0 Å². The van der Waals surface area contributed by atoms with E-state index in [4.69, 9.17) is 0 Å². The van der Waals surface area contributed by atoms with E-state index in [1.165, 1.54) is 11.3 Å². The highest BCUT2D eigenvalue weighted by Crippen LogP contribution is 2.15. The van der Waals surface area contributed by atoms with Crippen molar-refractivity contribution in [3.05, 3.63) is 65.2 Å². The molecule has 0 spiro atoms. The Morgan fingerprint density at radius 1 is 1.04 bits per heavy atom. The molecule has 0 aromatic heterocycles. The second-order valence-electron chi connectivity index (χ2n) is 7.54. The molecule has 0 radical (unpaired) electrons. The predicted molar refractivity (Wildman–Crippen MR) is 113 cm³/mol. The molecule has 1 N–H and O–H groups in total. The number of hydrogen-bond donors (Lipinski definition) is 1. The first-order valence-corrected chi connectivity index (χ1v) is 9.94. The first-order valence-electron chi connectivity index (χ1n) is 9.94. The number of benzene rings is 2. The molecule has 0 saturated carbocycles. The number of likely N-dealkylation sites (tertiary alicyclic amines) is 1. The van der Waals surface area contributed by atoms with E-state index in [-0.39, 0.29) is 11.8 Å². The zero-order valence-electron chi connectivity index (χ0n) is 16.8. The van der Waals surface area contributed by atoms with Gasteiger partial charge in [0.05, 0.1) is 0 Å². The summed E-state index contributed by atoms with van der Waals surface area (Å²) < 4.78 is 0. The zero-order chi connectivity index (χ0) is 19.9. The molecule has 0 atom stereocenters. The summed E-state index contributed by atoms with van der Waals surface area (Å²) in [5.74, 6) is 0.171. The normalized spacial score (nSPS) is 13.6. The molecule has 28 heavy (non-hydrogen) atoms. The van der Waals surface area contributed by atoms with Crippen LogP contribution >= 0.6 is 0 Å². The molecular formula is C23H29N3O2. The number of aryl methyl sites for hydroxylation is 1. The SMILES string of the molecule is CN(C)c1ccc(CCCNC(=O)c2ccc(CN3CCCC3=O)cc2)cc1. The van der Waals surface area contributed by atoms with Crippen molar-refractivity contribution in [2.75, 3.05) is 32.1 Å². The lowest BCUT2D eigenvalue weighted by atomic mass is 10.1. The third-order valence-corrected chi connectivity index (χ3v) is 5.14. The quantitative estimate of drug-likeness (QED) is 0.717. The zero-order valence-corrected chi connectivity index (χ0v) is 16.8. The van der Waals surface area contributed by atoms with E-state index < -0.39 is 0 Å². The average molecular weight is 380 g/mol. The third kappa shape index (κ3) is 5.35. The summed E-state index contributed by atoms with van der Waals surface area (Å²) in [5, 5.41) is 2.99. The van der Waals surface area contributed by atoms with Crippen molar-refractivity contribution in [2.45, 2.75) is 32.2 Å². The molecule has 5 heteroatoms. The minimum atomic E-state index is -0.0493. The van der Waals surface area contributed by atoms with Crippen LogP contribution in [0.2, 0.25) is 0 Å². The van der Waals surface area contributed by atoms with Gasteiger partial charge in [-0.05, 0) is 54.7 Å². The van der Waals surface area contributed by atoms with Crippen molar-refractivity contribution in [3.63, 3.8) is 0 Å². The van der Waals surface area contributed by atoms with Gasteiger partial charge in [0.2, 0.25) is 5.91 Å². The maximum Gasteiger partial charge on any atom is 0.251 e. The number of carbonyl (C=O) groups excluding carboxylic acids is 2. The summed E-state index contributed by atoms with van der Waals surface area (Å²) in [5.41, 5.74) is 4.19. The fourth-order valence-corrected chi connectivity index (χ4v) is 3.41. The van der Waals surface area contributed by atoms with Crippen LogP contribution in [0.15, 0.2) is 48.5 Å². The minimum absolute atomic E-state index is 0.0493. The second-order valence-corrected chi connectivity index (χ2v) is 7.54. The average Bonchev–Trinajstić information content (AvgIpc) is 3.10. The summed E-state index contributed by atoms with van der Waals surface area (Å²) in [6.07, 6.45) is 3.44. The standard InChI is InChI=1S/C23H29N3O2/c1-25(2)21-13-9-18(10-14-21)5-3-15-24-23(28)20-11-7-19(8-12-20)17-26-16-4-6-22(26)27/h7-14H,3-6,15-17H2,1-2H3,(H,24,28). The summed E-state index contributed by atoms with van der Waals surface area (Å²) in [6.45, 7) is 2.12. The van der Waals surface area contributed by atoms with E-state index in [1.54, 1.807) is 0 Å². The molecule has 1 heterocycles. The Morgan fingerprint density at radius 2 is 1.71 bits per heavy atom. The summed E-state index contributed by atoms with van der Waals surface area (Å²) >= 11 is 0. The fourth-order valence-electron chi connectivity index (χ4n) is 3.41. The Bertz CT molecular complexity index is 798. The molecule has 1 fully saturated rings. The number of amides is 2. The topological polar surface area (TPSA) is 52.7 Å². The highest BCUT2D eigenvalue weighted by molar-refractivity contribution is 5.94. The molecule has 0 unspecified atom stereocenters. The molecule has 1 aliphatic rings. The van der Waals surface area contributed by atoms with Crippen LogP contribution in [0.3, 0.4) is 0 Å². The minimum Gasteiger partial charge on any atom is -0.378 e. The van der Waals surface area contributed by atoms with Crippen molar-refractivity contribution in [3.8, 4) is 0 Å². The lowest BCUT2D eigenvalue weighted by molar-refractivity contribution is -0.128. The maximum atomic E-state index is 12.3. The van der Waals surface area contributed by atoms with Crippen LogP contribution in [0.25, 0.3) is 0 Å². The Morgan fingerprint density at radius 3 is 2.32 bits per heavy atom. The van der Waals surface area contributed by atoms with Gasteiger partial charge in [-0.2, -0.15) is 0 Å². The van der Waals surface area contributed by atoms with Gasteiger partial charge in [0, 0.05) is 51.4 Å². The van der Waals surface area contributed by atoms with E-state index in [9.17, 15) is 9.59 Å². The molecule has 3 rings (SSSR count). The van der Waals surface area contributed by atoms with E-state index >= 15 is 0 Å². The van der Waals surface area contributed by atoms with Gasteiger partial charge in [-0.3, -0.25) is 9.59 Å². The molecule has 5 nitrogen and oxygen atoms in total. The Hall–Kier alpha value is -2.82. The van der Waals surface area contributed by atoms with Gasteiger partial charge in [0.15, 0.2) is 0 Å². The van der Waals surface area contributed by atoms with Crippen molar-refractivity contribution < 1.29 is 9.59 Å². The molecule has 1 aliphatic heterocycles. The Kier molecular flexibility index (Phi) is 6.69. The van der Waals surface area contributed by atoms with Crippen LogP contribution in [0.4, 0.5) is 5.69 Å². The van der Waals surface area contributed by atoms with Gasteiger partial charge >= 0.3 is 0 Å². The molecule has 0 bridgehead atoms. The monoisotopic (exact) mass is 379 g/mol. The molecule has 2 amide bonds. The molecule has 148 valence electrons. The van der Waals surface area contributed by atoms with Crippen molar-refractivity contribution >= 4 is 17.5 Å². The largest absolute Gasteiger partial charge is 0.378 e. The van der Waals surface area contributed by atoms with Crippen LogP contribution in [-0.2, 0) is 17.8 Å². The van der Waals surface area contributed by atoms with Crippen LogP contribution in [-0.4, -0.2) is 43.9 Å². The number of nitrogens with zero attached hydrogens (tertiary/aromatic N) is 2. The summed E-state index contributed by atoms with van der Waals surface area (Å²) in [4.78, 5) is 28.0. The Labute approximate surface area is 167 Å². The fraction of sp³-hybridized carbons (Fsp3) is 0.391. The number of rotatable bonds is 8. The van der Waals surface area contributed by atoms with Crippen molar-refractivity contribution in [1.29, 1.82) is 0 Å². The van der Waals surface area contributed by atoms with E-state index in [0.29, 0.717) is 25.1 Å². The molecule has 0 aliphatic carbocycles. The van der Waals surface area contributed by atoms with Gasteiger partial charge < -0.3 is 15.1 Å². The van der Waals surface area contributed by atoms with Crippen LogP contribution < -0.4 is 10.2 Å². The van der Waals surface area contributed by atoms with Crippen LogP contribution in [0.5, 0.6) is 0 Å². The van der Waals surface area contributed by atoms with Crippen molar-refractivity contribution in [1.82, 2.24) is 10.2 Å². The first-order chi connectivity index (χ1) is 13.5. The highest BCUT2D eigenvalue weighted by atomic mass is 16.2. The van der Waals surface area contributed by atoms with Gasteiger partial charge in [-0.15, -0.1) is 0 Å². The first kappa shape index (κ1) is 19.9. The molecular weight excluding hydrogens is 350 g/mol. The second kappa shape index (κ2) is 9.40. The third-order valence-electron chi connectivity index (χ3n) is 5.14. The summed E-state index contributed by atoms with van der Waals surface area (Å²) in [6, 6.07) is 16.1. The number of anilines is 1. The van der Waals surface area contributed by atoms with E-state index in [2.05, 4.69) is 34.5 Å². The van der Waals surface area contributed by atoms with E-state index in [0.717, 1.165) is 31.4 Å². The van der Waals surface area contributed by atoms with Crippen LogP contribution in [0.1, 0.15) is 40.7 Å². The van der Waals surface area contributed by atoms with Gasteiger partial charge in [0.25, 0.3) is 5.91 Å². The molecule has 2 aromatic rings. The smallest absolute Gasteiger partial charge is 0.251 e. The highest BCUT2D eigenvalue weighted by Gasteiger charge is 2.19. The molecule has 1 saturated heterocycles. The van der Waals surface area contributed by atoms with Crippen LogP contribution in [0, 0.1) is 0 Å². The number of carbonyl (C=O) groups is 2. The number of nitrogens with one attached hydrogen (secondary N) is 1. The lowest BCUT2D eigenvalue weighted by Crippen LogP contribution is -2.25. The van der Waals surface area contributed by atoms with E-state index in [1.807, 2.05) is 43.3 Å². The number of hydrogen-bond acceptors (Lipinski definition) is 3. The predicted octanol–water partition coefficient (Wildman–Crippen LogP) is 3.24. The van der Waals surface area contributed by atoms with Gasteiger partial charge in [-0.1, -0.05) is 24.3 Å². The Balaban J connectivity index is 1.41. The summed E-state index contributed by atoms with van der Waals surface area (Å²) in [7, 11) is 4.06. The molecule has 2 aromatic carbocycles. The van der Waals surface area contributed by atoms with Gasteiger partial charge in [0.1, 0.15) is 0 Å². The lowest BCUT2D eigenvalue weighted by Gasteiger charge is -2.15. The van der Waals surface area contributed by atoms with Crippen molar-refractivity contribution in [2.24, 2.45) is 0 Å².